The average molecular weight is 232 g/mol. The molecule has 1 aromatic carbocycles. The maximum atomic E-state index is 10.6. The van der Waals surface area contributed by atoms with Gasteiger partial charge in [0.1, 0.15) is 0 Å². The molecule has 0 saturated heterocycles. The number of nitrogens with zero attached hydrogens (tertiary/aromatic N) is 1. The quantitative estimate of drug-likeness (QED) is 0.741. The van der Waals surface area contributed by atoms with Crippen molar-refractivity contribution in [2.24, 2.45) is 0 Å². The largest absolute Gasteiger partial charge is 0.298 e. The number of carbonyl (C=O) groups is 1. The number of aldehydes is 1. The fourth-order valence-electron chi connectivity index (χ4n) is 1.59. The van der Waals surface area contributed by atoms with Crippen LogP contribution in [0.1, 0.15) is 15.9 Å². The van der Waals surface area contributed by atoms with Crippen molar-refractivity contribution in [2.75, 3.05) is 0 Å². The van der Waals surface area contributed by atoms with Gasteiger partial charge in [0.2, 0.25) is 0 Å². The van der Waals surface area contributed by atoms with E-state index in [-0.39, 0.29) is 0 Å². The van der Waals surface area contributed by atoms with Gasteiger partial charge in [-0.1, -0.05) is 17.7 Å². The lowest BCUT2D eigenvalue weighted by Gasteiger charge is -2.06. The Morgan fingerprint density at radius 2 is 2.12 bits per heavy atom. The van der Waals surface area contributed by atoms with Gasteiger partial charge in [0.25, 0.3) is 0 Å². The third-order valence-electron chi connectivity index (χ3n) is 2.46. The standard InChI is InChI=1S/C13H10ClNO/c1-9-7-15-5-4-12(9)10-2-3-11(8-16)13(14)6-10/h2-8H,1H3. The van der Waals surface area contributed by atoms with Gasteiger partial charge in [0.15, 0.2) is 6.29 Å². The van der Waals surface area contributed by atoms with Crippen molar-refractivity contribution in [3.63, 3.8) is 0 Å². The molecular weight excluding hydrogens is 222 g/mol. The number of carbonyl (C=O) groups excluding carboxylic acids is 1. The molecule has 0 amide bonds. The first kappa shape index (κ1) is 10.8. The van der Waals surface area contributed by atoms with Crippen molar-refractivity contribution in [3.8, 4) is 11.1 Å². The van der Waals surface area contributed by atoms with Crippen molar-refractivity contribution in [1.82, 2.24) is 4.98 Å². The number of rotatable bonds is 2. The van der Waals surface area contributed by atoms with Crippen LogP contribution in [0.4, 0.5) is 0 Å². The summed E-state index contributed by atoms with van der Waals surface area (Å²) in [4.78, 5) is 14.7. The highest BCUT2D eigenvalue weighted by Gasteiger charge is 2.04. The minimum absolute atomic E-state index is 0.476. The summed E-state index contributed by atoms with van der Waals surface area (Å²) in [5.74, 6) is 0. The molecule has 2 rings (SSSR count). The Kier molecular flexibility index (Phi) is 3.02. The Morgan fingerprint density at radius 3 is 2.75 bits per heavy atom. The number of hydrogen-bond donors (Lipinski definition) is 0. The third kappa shape index (κ3) is 1.97. The van der Waals surface area contributed by atoms with E-state index in [9.17, 15) is 4.79 Å². The van der Waals surface area contributed by atoms with E-state index in [0.29, 0.717) is 10.6 Å². The van der Waals surface area contributed by atoms with Gasteiger partial charge in [-0.05, 0) is 41.8 Å². The smallest absolute Gasteiger partial charge is 0.151 e. The molecule has 1 aromatic heterocycles. The Bertz CT molecular complexity index is 537. The van der Waals surface area contributed by atoms with Crippen molar-refractivity contribution >= 4 is 17.9 Å². The summed E-state index contributed by atoms with van der Waals surface area (Å²) in [5.41, 5.74) is 3.67. The molecule has 0 aliphatic heterocycles. The predicted octanol–water partition coefficient (Wildman–Crippen LogP) is 3.52. The first-order valence-electron chi connectivity index (χ1n) is 4.88. The van der Waals surface area contributed by atoms with Crippen molar-refractivity contribution in [3.05, 3.63) is 52.8 Å². The van der Waals surface area contributed by atoms with Crippen molar-refractivity contribution in [1.29, 1.82) is 0 Å². The lowest BCUT2D eigenvalue weighted by molar-refractivity contribution is 0.112. The van der Waals surface area contributed by atoms with E-state index in [0.717, 1.165) is 23.0 Å². The summed E-state index contributed by atoms with van der Waals surface area (Å²) in [6.07, 6.45) is 4.30. The minimum atomic E-state index is 0.476. The van der Waals surface area contributed by atoms with E-state index >= 15 is 0 Å². The Balaban J connectivity index is 2.54. The van der Waals surface area contributed by atoms with E-state index in [2.05, 4.69) is 4.98 Å². The Hall–Kier alpha value is -1.67. The molecular formula is C13H10ClNO. The van der Waals surface area contributed by atoms with Gasteiger partial charge in [0.05, 0.1) is 5.02 Å². The Morgan fingerprint density at radius 1 is 1.31 bits per heavy atom. The fraction of sp³-hybridized carbons (Fsp3) is 0.0769. The summed E-state index contributed by atoms with van der Waals surface area (Å²) < 4.78 is 0. The van der Waals surface area contributed by atoms with Crippen molar-refractivity contribution < 1.29 is 4.79 Å². The first-order chi connectivity index (χ1) is 7.72. The second kappa shape index (κ2) is 4.45. The molecule has 80 valence electrons. The van der Waals surface area contributed by atoms with Gasteiger partial charge in [-0.25, -0.2) is 0 Å². The molecule has 1 heterocycles. The van der Waals surface area contributed by atoms with Crippen LogP contribution in [0.15, 0.2) is 36.7 Å². The van der Waals surface area contributed by atoms with Gasteiger partial charge < -0.3 is 0 Å². The number of hydrogen-bond acceptors (Lipinski definition) is 2. The number of pyridine rings is 1. The molecule has 2 aromatic rings. The SMILES string of the molecule is Cc1cnccc1-c1ccc(C=O)c(Cl)c1. The number of aryl methyl sites for hydroxylation is 1. The van der Waals surface area contributed by atoms with Crippen LogP contribution in [0.5, 0.6) is 0 Å². The third-order valence-corrected chi connectivity index (χ3v) is 2.79. The average Bonchev–Trinajstić information content (AvgIpc) is 2.29. The molecule has 0 spiro atoms. The van der Waals surface area contributed by atoms with Gasteiger partial charge >= 0.3 is 0 Å². The highest BCUT2D eigenvalue weighted by molar-refractivity contribution is 6.33. The van der Waals surface area contributed by atoms with Crippen LogP contribution in [0.2, 0.25) is 5.02 Å². The monoisotopic (exact) mass is 231 g/mol. The van der Waals surface area contributed by atoms with Crippen LogP contribution in [0.25, 0.3) is 11.1 Å². The maximum absolute atomic E-state index is 10.6. The summed E-state index contributed by atoms with van der Waals surface area (Å²) in [6.45, 7) is 1.99. The second-order valence-corrected chi connectivity index (χ2v) is 3.95. The van der Waals surface area contributed by atoms with E-state index in [4.69, 9.17) is 11.6 Å². The van der Waals surface area contributed by atoms with E-state index in [1.165, 1.54) is 0 Å². The fourth-order valence-corrected chi connectivity index (χ4v) is 1.81. The van der Waals surface area contributed by atoms with Crippen LogP contribution >= 0.6 is 11.6 Å². The maximum Gasteiger partial charge on any atom is 0.151 e. The number of benzene rings is 1. The predicted molar refractivity (Wildman–Crippen MR) is 64.8 cm³/mol. The van der Waals surface area contributed by atoms with Crippen molar-refractivity contribution in [2.45, 2.75) is 6.92 Å². The van der Waals surface area contributed by atoms with Gasteiger partial charge in [-0.2, -0.15) is 0 Å². The summed E-state index contributed by atoms with van der Waals surface area (Å²) in [6, 6.07) is 7.34. The zero-order chi connectivity index (χ0) is 11.5. The number of aromatic nitrogens is 1. The van der Waals surface area contributed by atoms with E-state index in [1.54, 1.807) is 24.5 Å². The molecule has 16 heavy (non-hydrogen) atoms. The van der Waals surface area contributed by atoms with Crippen LogP contribution in [0, 0.1) is 6.92 Å². The molecule has 0 atom stereocenters. The van der Waals surface area contributed by atoms with Crippen LogP contribution in [-0.4, -0.2) is 11.3 Å². The molecule has 0 N–H and O–H groups in total. The molecule has 0 saturated carbocycles. The lowest BCUT2D eigenvalue weighted by Crippen LogP contribution is -1.87. The minimum Gasteiger partial charge on any atom is -0.298 e. The lowest BCUT2D eigenvalue weighted by atomic mass is 10.0. The van der Waals surface area contributed by atoms with Crippen LogP contribution in [-0.2, 0) is 0 Å². The molecule has 2 nitrogen and oxygen atoms in total. The topological polar surface area (TPSA) is 30.0 Å². The molecule has 0 fully saturated rings. The first-order valence-corrected chi connectivity index (χ1v) is 5.26. The molecule has 0 radical (unpaired) electrons. The zero-order valence-electron chi connectivity index (χ0n) is 8.77. The van der Waals surface area contributed by atoms with Crippen LogP contribution in [0.3, 0.4) is 0 Å². The molecule has 0 bridgehead atoms. The van der Waals surface area contributed by atoms with Gasteiger partial charge in [0, 0.05) is 18.0 Å². The summed E-state index contributed by atoms with van der Waals surface area (Å²) >= 11 is 5.98. The molecule has 3 heteroatoms. The molecule has 0 aliphatic carbocycles. The number of halogens is 1. The van der Waals surface area contributed by atoms with Gasteiger partial charge in [-0.3, -0.25) is 9.78 Å². The molecule has 0 aliphatic rings. The zero-order valence-corrected chi connectivity index (χ0v) is 9.53. The second-order valence-electron chi connectivity index (χ2n) is 3.54. The van der Waals surface area contributed by atoms with E-state index in [1.807, 2.05) is 19.1 Å². The highest BCUT2D eigenvalue weighted by Crippen LogP contribution is 2.26. The normalized spacial score (nSPS) is 10.1. The summed E-state index contributed by atoms with van der Waals surface area (Å²) in [7, 11) is 0. The van der Waals surface area contributed by atoms with Gasteiger partial charge in [-0.15, -0.1) is 0 Å². The highest BCUT2D eigenvalue weighted by atomic mass is 35.5. The Labute approximate surface area is 98.9 Å². The molecule has 0 unspecified atom stereocenters. The van der Waals surface area contributed by atoms with E-state index < -0.39 is 0 Å². The van der Waals surface area contributed by atoms with Crippen LogP contribution < -0.4 is 0 Å². The summed E-state index contributed by atoms with van der Waals surface area (Å²) in [5, 5.41) is 0.476.